The molecular formula is C52H80O6. The van der Waals surface area contributed by atoms with E-state index in [4.69, 9.17) is 14.2 Å². The van der Waals surface area contributed by atoms with Crippen LogP contribution in [0.3, 0.4) is 0 Å². The number of esters is 3. The fraction of sp³-hybridized carbons (Fsp3) is 0.558. The lowest BCUT2D eigenvalue weighted by Crippen LogP contribution is -2.30. The molecule has 0 saturated carbocycles. The Labute approximate surface area is 354 Å². The Bertz CT molecular complexity index is 1290. The first-order chi connectivity index (χ1) is 28.5. The number of carbonyl (C=O) groups excluding carboxylic acids is 3. The number of rotatable bonds is 38. The molecule has 0 heterocycles. The summed E-state index contributed by atoms with van der Waals surface area (Å²) < 4.78 is 16.6. The first-order valence-corrected chi connectivity index (χ1v) is 22.7. The van der Waals surface area contributed by atoms with Crippen molar-refractivity contribution in [3.8, 4) is 0 Å². The Kier molecular flexibility index (Phi) is 42.2. The molecule has 0 aliphatic rings. The molecule has 0 fully saturated rings. The van der Waals surface area contributed by atoms with Gasteiger partial charge in [-0.05, 0) is 77.0 Å². The van der Waals surface area contributed by atoms with Crippen LogP contribution in [0.15, 0.2) is 122 Å². The van der Waals surface area contributed by atoms with Gasteiger partial charge in [-0.3, -0.25) is 14.4 Å². The van der Waals surface area contributed by atoms with E-state index < -0.39 is 12.1 Å². The highest BCUT2D eigenvalue weighted by molar-refractivity contribution is 5.71. The van der Waals surface area contributed by atoms with Gasteiger partial charge in [-0.2, -0.15) is 0 Å². The van der Waals surface area contributed by atoms with Gasteiger partial charge in [0.15, 0.2) is 6.10 Å². The van der Waals surface area contributed by atoms with Crippen LogP contribution < -0.4 is 0 Å². The lowest BCUT2D eigenvalue weighted by Gasteiger charge is -2.18. The maximum absolute atomic E-state index is 12.7. The Morgan fingerprint density at radius 2 is 0.707 bits per heavy atom. The minimum atomic E-state index is -0.830. The predicted molar refractivity (Wildman–Crippen MR) is 246 cm³/mol. The molecule has 1 unspecified atom stereocenters. The zero-order valence-electron chi connectivity index (χ0n) is 36.8. The quantitative estimate of drug-likeness (QED) is 0.0203. The summed E-state index contributed by atoms with van der Waals surface area (Å²) in [5, 5.41) is 0. The standard InChI is InChI=1S/C52H80O6/c1-4-7-10-13-16-19-22-25-26-28-30-33-36-39-42-45-51(54)57-48-49(47-56-50(53)44-41-38-35-32-29-24-21-18-15-12-9-6-3)58-52(55)46-43-40-37-34-31-27-23-20-17-14-11-8-5-2/h7-8,10-11,13-14,16-23,25-27,31,34,37,49H,4-6,9,12,15,24,28-30,32-33,35-36,38-48H2,1-3H3/b10-7-,11-8-,16-13-,17-14-,21-18-,22-19-,23-20-,26-25-,31-27-,37-34-. The Balaban J connectivity index is 4.58. The molecule has 0 saturated heterocycles. The molecule has 0 aliphatic heterocycles. The summed E-state index contributed by atoms with van der Waals surface area (Å²) in [4.78, 5) is 37.7. The average Bonchev–Trinajstić information content (AvgIpc) is 3.22. The van der Waals surface area contributed by atoms with Gasteiger partial charge in [0.1, 0.15) is 13.2 Å². The van der Waals surface area contributed by atoms with E-state index >= 15 is 0 Å². The lowest BCUT2D eigenvalue weighted by atomic mass is 10.1. The van der Waals surface area contributed by atoms with Crippen molar-refractivity contribution in [3.63, 3.8) is 0 Å². The van der Waals surface area contributed by atoms with Crippen LogP contribution in [0.5, 0.6) is 0 Å². The van der Waals surface area contributed by atoms with Crippen LogP contribution in [0.1, 0.15) is 168 Å². The van der Waals surface area contributed by atoms with Crippen molar-refractivity contribution >= 4 is 17.9 Å². The van der Waals surface area contributed by atoms with Gasteiger partial charge < -0.3 is 14.2 Å². The van der Waals surface area contributed by atoms with Gasteiger partial charge in [-0.1, -0.05) is 194 Å². The highest BCUT2D eigenvalue weighted by Gasteiger charge is 2.19. The first-order valence-electron chi connectivity index (χ1n) is 22.7. The SMILES string of the molecule is CC\C=C/C=C\C=C/C=C\C=C/CCCC(=O)OC(COC(=O)CCCCCCC\C=C/C=C\C=C/C=C\CC)COC(=O)CCCCCCC/C=C\CCCCC. The van der Waals surface area contributed by atoms with Crippen LogP contribution in [0.2, 0.25) is 0 Å². The van der Waals surface area contributed by atoms with Crippen LogP contribution in [0, 0.1) is 0 Å². The second-order valence-electron chi connectivity index (χ2n) is 14.4. The molecule has 1 atom stereocenters. The summed E-state index contributed by atoms with van der Waals surface area (Å²) in [6.45, 7) is 6.20. The molecule has 0 N–H and O–H groups in total. The fourth-order valence-corrected chi connectivity index (χ4v) is 5.53. The van der Waals surface area contributed by atoms with Gasteiger partial charge >= 0.3 is 17.9 Å². The predicted octanol–water partition coefficient (Wildman–Crippen LogP) is 14.6. The summed E-state index contributed by atoms with van der Waals surface area (Å²) in [6, 6.07) is 0. The van der Waals surface area contributed by atoms with E-state index in [1.807, 2.05) is 79.0 Å². The molecular weight excluding hydrogens is 721 g/mol. The Morgan fingerprint density at radius 3 is 1.16 bits per heavy atom. The second-order valence-corrected chi connectivity index (χ2v) is 14.4. The maximum Gasteiger partial charge on any atom is 0.306 e. The Hall–Kier alpha value is -4.19. The number of hydrogen-bond acceptors (Lipinski definition) is 6. The third-order valence-electron chi connectivity index (χ3n) is 8.90. The van der Waals surface area contributed by atoms with Crippen LogP contribution >= 0.6 is 0 Å². The molecule has 0 aromatic rings. The molecule has 0 aromatic heterocycles. The maximum atomic E-state index is 12.7. The van der Waals surface area contributed by atoms with Gasteiger partial charge in [0, 0.05) is 19.3 Å². The van der Waals surface area contributed by atoms with Crippen LogP contribution in [-0.4, -0.2) is 37.2 Å². The number of unbranched alkanes of at least 4 members (excludes halogenated alkanes) is 14. The lowest BCUT2D eigenvalue weighted by molar-refractivity contribution is -0.167. The molecule has 0 radical (unpaired) electrons. The van der Waals surface area contributed by atoms with E-state index in [2.05, 4.69) is 63.3 Å². The van der Waals surface area contributed by atoms with Gasteiger partial charge in [-0.15, -0.1) is 0 Å². The smallest absolute Gasteiger partial charge is 0.306 e. The number of carbonyl (C=O) groups is 3. The van der Waals surface area contributed by atoms with Gasteiger partial charge in [0.05, 0.1) is 0 Å². The normalized spacial score (nSPS) is 13.2. The summed E-state index contributed by atoms with van der Waals surface area (Å²) in [7, 11) is 0. The molecule has 0 bridgehead atoms. The van der Waals surface area contributed by atoms with Crippen molar-refractivity contribution in [1.29, 1.82) is 0 Å². The fourth-order valence-electron chi connectivity index (χ4n) is 5.53. The van der Waals surface area contributed by atoms with Crippen LogP contribution in [-0.2, 0) is 28.6 Å². The van der Waals surface area contributed by atoms with E-state index in [0.717, 1.165) is 89.9 Å². The molecule has 0 rings (SSSR count). The average molecular weight is 801 g/mol. The van der Waals surface area contributed by atoms with Crippen molar-refractivity contribution in [2.75, 3.05) is 13.2 Å². The van der Waals surface area contributed by atoms with Crippen molar-refractivity contribution < 1.29 is 28.6 Å². The highest BCUT2D eigenvalue weighted by Crippen LogP contribution is 2.12. The van der Waals surface area contributed by atoms with Crippen molar-refractivity contribution in [1.82, 2.24) is 0 Å². The van der Waals surface area contributed by atoms with Gasteiger partial charge in [-0.25, -0.2) is 0 Å². The molecule has 0 aliphatic carbocycles. The number of ether oxygens (including phenoxy) is 3. The second kappa shape index (κ2) is 45.5. The zero-order chi connectivity index (χ0) is 42.3. The highest BCUT2D eigenvalue weighted by atomic mass is 16.6. The van der Waals surface area contributed by atoms with E-state index in [1.165, 1.54) is 32.1 Å². The van der Waals surface area contributed by atoms with Crippen molar-refractivity contribution in [2.24, 2.45) is 0 Å². The molecule has 0 spiro atoms. The topological polar surface area (TPSA) is 78.9 Å². The molecule has 58 heavy (non-hydrogen) atoms. The van der Waals surface area contributed by atoms with Crippen LogP contribution in [0.4, 0.5) is 0 Å². The van der Waals surface area contributed by atoms with E-state index in [9.17, 15) is 14.4 Å². The summed E-state index contributed by atoms with van der Waals surface area (Å²) in [5.41, 5.74) is 0. The third-order valence-corrected chi connectivity index (χ3v) is 8.90. The van der Waals surface area contributed by atoms with Crippen molar-refractivity contribution in [3.05, 3.63) is 122 Å². The molecule has 0 aromatic carbocycles. The van der Waals surface area contributed by atoms with E-state index in [1.54, 1.807) is 0 Å². The van der Waals surface area contributed by atoms with E-state index in [0.29, 0.717) is 19.3 Å². The minimum absolute atomic E-state index is 0.123. The summed E-state index contributed by atoms with van der Waals surface area (Å²) in [6.07, 6.45) is 61.8. The third kappa shape index (κ3) is 42.9. The molecule has 6 heteroatoms. The molecule has 6 nitrogen and oxygen atoms in total. The Morgan fingerprint density at radius 1 is 0.362 bits per heavy atom. The zero-order valence-corrected chi connectivity index (χ0v) is 36.8. The first kappa shape index (κ1) is 53.8. The summed E-state index contributed by atoms with van der Waals surface area (Å²) >= 11 is 0. The van der Waals surface area contributed by atoms with Crippen molar-refractivity contribution in [2.45, 2.75) is 175 Å². The number of hydrogen-bond donors (Lipinski definition) is 0. The monoisotopic (exact) mass is 801 g/mol. The van der Waals surface area contributed by atoms with Gasteiger partial charge in [0.25, 0.3) is 0 Å². The molecule has 324 valence electrons. The molecule has 0 amide bonds. The largest absolute Gasteiger partial charge is 0.462 e. The van der Waals surface area contributed by atoms with Crippen LogP contribution in [0.25, 0.3) is 0 Å². The summed E-state index contributed by atoms with van der Waals surface area (Å²) in [5.74, 6) is -1.05. The number of allylic oxidation sites excluding steroid dienone is 20. The minimum Gasteiger partial charge on any atom is -0.462 e. The van der Waals surface area contributed by atoms with Gasteiger partial charge in [0.2, 0.25) is 0 Å². The van der Waals surface area contributed by atoms with E-state index in [-0.39, 0.29) is 31.6 Å².